The maximum absolute atomic E-state index is 9.63. The first-order chi connectivity index (χ1) is 7.27. The van der Waals surface area contributed by atoms with Gasteiger partial charge in [-0.15, -0.1) is 0 Å². The van der Waals surface area contributed by atoms with Gasteiger partial charge in [0.15, 0.2) is 17.3 Å². The summed E-state index contributed by atoms with van der Waals surface area (Å²) in [7, 11) is 0. The maximum Gasteiger partial charge on any atom is 0.183 e. The van der Waals surface area contributed by atoms with Crippen molar-refractivity contribution in [1.82, 2.24) is 0 Å². The van der Waals surface area contributed by atoms with Crippen LogP contribution in [0.3, 0.4) is 0 Å². The summed E-state index contributed by atoms with van der Waals surface area (Å²) in [4.78, 5) is 0. The number of phenolic OH excluding ortho intramolecular Hbond substituents is 3. The Hall–Kier alpha value is -1.86. The molecule has 0 saturated heterocycles. The van der Waals surface area contributed by atoms with Gasteiger partial charge in [0.05, 0.1) is 11.5 Å². The molecule has 1 fully saturated rings. The van der Waals surface area contributed by atoms with E-state index in [9.17, 15) is 25.5 Å². The van der Waals surface area contributed by atoms with Gasteiger partial charge in [0.2, 0.25) is 0 Å². The quantitative estimate of drug-likeness (QED) is 0.143. The molecule has 0 amide bonds. The number of rotatable bonds is 1. The van der Waals surface area contributed by atoms with Crippen LogP contribution < -0.4 is 11.5 Å². The zero-order valence-corrected chi connectivity index (χ0v) is 8.18. The van der Waals surface area contributed by atoms with Crippen LogP contribution in [0.25, 0.3) is 0 Å². The SMILES string of the molecule is Nc1c(N)c(O)c([C@H]2CC2(O)O)c(O)c1O. The van der Waals surface area contributed by atoms with Gasteiger partial charge in [0.1, 0.15) is 17.1 Å². The molecule has 7 nitrogen and oxygen atoms in total. The summed E-state index contributed by atoms with van der Waals surface area (Å²) < 4.78 is 0. The largest absolute Gasteiger partial charge is 0.505 e. The monoisotopic (exact) mass is 228 g/mol. The molecule has 2 rings (SSSR count). The number of anilines is 2. The van der Waals surface area contributed by atoms with Gasteiger partial charge < -0.3 is 37.0 Å². The van der Waals surface area contributed by atoms with Crippen molar-refractivity contribution in [1.29, 1.82) is 0 Å². The smallest absolute Gasteiger partial charge is 0.183 e. The third-order valence-electron chi connectivity index (χ3n) is 2.79. The molecule has 9 N–H and O–H groups in total. The Labute approximate surface area is 90.2 Å². The van der Waals surface area contributed by atoms with Gasteiger partial charge in [0.25, 0.3) is 0 Å². The highest BCUT2D eigenvalue weighted by Crippen LogP contribution is 2.59. The minimum Gasteiger partial charge on any atom is -0.505 e. The lowest BCUT2D eigenvalue weighted by atomic mass is 10.0. The first kappa shape index (κ1) is 10.7. The molecule has 0 heterocycles. The minimum atomic E-state index is -2.00. The van der Waals surface area contributed by atoms with Gasteiger partial charge in [0, 0.05) is 6.42 Å². The summed E-state index contributed by atoms with van der Waals surface area (Å²) in [6, 6.07) is 0. The second kappa shape index (κ2) is 2.83. The number of hydrogen-bond donors (Lipinski definition) is 7. The molecule has 1 aromatic carbocycles. The van der Waals surface area contributed by atoms with Crippen LogP contribution in [0.1, 0.15) is 17.9 Å². The second-order valence-corrected chi connectivity index (χ2v) is 3.92. The van der Waals surface area contributed by atoms with E-state index in [1.54, 1.807) is 0 Å². The molecule has 16 heavy (non-hydrogen) atoms. The van der Waals surface area contributed by atoms with Gasteiger partial charge in [-0.05, 0) is 0 Å². The van der Waals surface area contributed by atoms with Crippen molar-refractivity contribution in [3.05, 3.63) is 5.56 Å². The number of hydrogen-bond acceptors (Lipinski definition) is 7. The number of phenols is 3. The van der Waals surface area contributed by atoms with E-state index in [1.807, 2.05) is 0 Å². The number of nitrogen functional groups attached to an aromatic ring is 2. The van der Waals surface area contributed by atoms with Crippen molar-refractivity contribution >= 4 is 11.4 Å². The summed E-state index contributed by atoms with van der Waals surface area (Å²) in [6.07, 6.45) is -0.0586. The van der Waals surface area contributed by atoms with Crippen LogP contribution in [0.4, 0.5) is 11.4 Å². The van der Waals surface area contributed by atoms with Crippen LogP contribution in [0.15, 0.2) is 0 Å². The van der Waals surface area contributed by atoms with E-state index >= 15 is 0 Å². The third kappa shape index (κ3) is 1.22. The normalized spacial score (nSPS) is 22.0. The summed E-state index contributed by atoms with van der Waals surface area (Å²) in [5, 5.41) is 47.0. The maximum atomic E-state index is 9.63. The zero-order chi connectivity index (χ0) is 12.2. The van der Waals surface area contributed by atoms with E-state index in [2.05, 4.69) is 0 Å². The van der Waals surface area contributed by atoms with Crippen molar-refractivity contribution in [3.63, 3.8) is 0 Å². The van der Waals surface area contributed by atoms with Gasteiger partial charge in [-0.1, -0.05) is 0 Å². The lowest BCUT2D eigenvalue weighted by Crippen LogP contribution is -2.08. The minimum absolute atomic E-state index is 0.0586. The van der Waals surface area contributed by atoms with E-state index in [1.165, 1.54) is 0 Å². The number of aliphatic hydroxyl groups is 2. The number of aromatic hydroxyl groups is 3. The Morgan fingerprint density at radius 1 is 0.938 bits per heavy atom. The molecule has 1 atom stereocenters. The molecule has 0 aromatic heterocycles. The van der Waals surface area contributed by atoms with Crippen molar-refractivity contribution in [2.75, 3.05) is 11.5 Å². The number of nitrogens with two attached hydrogens (primary N) is 2. The van der Waals surface area contributed by atoms with Gasteiger partial charge in [-0.3, -0.25) is 0 Å². The van der Waals surface area contributed by atoms with Crippen molar-refractivity contribution in [3.8, 4) is 17.2 Å². The zero-order valence-electron chi connectivity index (χ0n) is 8.18. The van der Waals surface area contributed by atoms with Crippen LogP contribution in [0.5, 0.6) is 17.2 Å². The standard InChI is InChI=1S/C9H12N2O5/c10-4-5(11)8(14)7(13)3(6(4)12)2-1-9(2,15)16/h2,12-16H,1,10-11H2/t2-/m1/s1. The van der Waals surface area contributed by atoms with E-state index < -0.39 is 29.0 Å². The Kier molecular flexibility index (Phi) is 1.89. The molecule has 1 aliphatic carbocycles. The van der Waals surface area contributed by atoms with Crippen molar-refractivity contribution < 1.29 is 25.5 Å². The fourth-order valence-electron chi connectivity index (χ4n) is 1.67. The van der Waals surface area contributed by atoms with Crippen molar-refractivity contribution in [2.45, 2.75) is 18.1 Å². The van der Waals surface area contributed by atoms with E-state index in [-0.39, 0.29) is 23.4 Å². The molecule has 1 aliphatic rings. The topological polar surface area (TPSA) is 153 Å². The predicted octanol–water partition coefficient (Wildman–Crippen LogP) is -0.864. The lowest BCUT2D eigenvalue weighted by molar-refractivity contribution is -0.0737. The average molecular weight is 228 g/mol. The molecular formula is C9H12N2O5. The first-order valence-electron chi connectivity index (χ1n) is 4.53. The molecule has 0 radical (unpaired) electrons. The summed E-state index contributed by atoms with van der Waals surface area (Å²) in [6.45, 7) is 0. The van der Waals surface area contributed by atoms with Gasteiger partial charge >= 0.3 is 0 Å². The highest BCUT2D eigenvalue weighted by Gasteiger charge is 2.55. The fraction of sp³-hybridized carbons (Fsp3) is 0.333. The molecule has 7 heteroatoms. The molecular weight excluding hydrogens is 216 g/mol. The Morgan fingerprint density at radius 3 is 1.81 bits per heavy atom. The lowest BCUT2D eigenvalue weighted by Gasteiger charge is -2.14. The molecule has 1 aromatic rings. The Bertz CT molecular complexity index is 442. The van der Waals surface area contributed by atoms with Gasteiger partial charge in [-0.2, -0.15) is 0 Å². The third-order valence-corrected chi connectivity index (χ3v) is 2.79. The van der Waals surface area contributed by atoms with E-state index in [0.717, 1.165) is 0 Å². The second-order valence-electron chi connectivity index (χ2n) is 3.92. The van der Waals surface area contributed by atoms with Gasteiger partial charge in [-0.25, -0.2) is 0 Å². The Balaban J connectivity index is 2.63. The van der Waals surface area contributed by atoms with Crippen LogP contribution in [-0.4, -0.2) is 31.3 Å². The predicted molar refractivity (Wildman–Crippen MR) is 54.8 cm³/mol. The molecule has 1 saturated carbocycles. The fourth-order valence-corrected chi connectivity index (χ4v) is 1.67. The summed E-state index contributed by atoms with van der Waals surface area (Å²) in [5.41, 5.74) is 9.87. The highest BCUT2D eigenvalue weighted by molar-refractivity contribution is 5.83. The highest BCUT2D eigenvalue weighted by atomic mass is 16.5. The molecule has 0 aliphatic heterocycles. The average Bonchev–Trinajstić information content (AvgIpc) is 2.82. The van der Waals surface area contributed by atoms with Crippen LogP contribution >= 0.6 is 0 Å². The summed E-state index contributed by atoms with van der Waals surface area (Å²) >= 11 is 0. The molecule has 0 bridgehead atoms. The summed E-state index contributed by atoms with van der Waals surface area (Å²) in [5.74, 6) is -4.78. The van der Waals surface area contributed by atoms with E-state index in [0.29, 0.717) is 0 Å². The number of benzene rings is 1. The van der Waals surface area contributed by atoms with E-state index in [4.69, 9.17) is 11.5 Å². The molecule has 0 unspecified atom stereocenters. The van der Waals surface area contributed by atoms with Crippen LogP contribution in [0.2, 0.25) is 0 Å². The van der Waals surface area contributed by atoms with Crippen molar-refractivity contribution in [2.24, 2.45) is 0 Å². The molecule has 0 spiro atoms. The molecule has 88 valence electrons. The Morgan fingerprint density at radius 2 is 1.38 bits per heavy atom. The van der Waals surface area contributed by atoms with Crippen LogP contribution in [0, 0.1) is 0 Å². The van der Waals surface area contributed by atoms with Crippen LogP contribution in [-0.2, 0) is 0 Å². The first-order valence-corrected chi connectivity index (χ1v) is 4.53.